The van der Waals surface area contributed by atoms with Crippen LogP contribution in [0.5, 0.6) is 0 Å². The van der Waals surface area contributed by atoms with Gasteiger partial charge in [-0.15, -0.1) is 0 Å². The second-order valence-electron chi connectivity index (χ2n) is 6.67. The monoisotopic (exact) mass is 427 g/mol. The predicted octanol–water partition coefficient (Wildman–Crippen LogP) is 3.72. The summed E-state index contributed by atoms with van der Waals surface area (Å²) in [6.45, 7) is 7.63. The van der Waals surface area contributed by atoms with Gasteiger partial charge in [-0.1, -0.05) is 42.2 Å². The fourth-order valence-corrected chi connectivity index (χ4v) is 2.99. The van der Waals surface area contributed by atoms with Crippen molar-refractivity contribution in [2.24, 2.45) is 4.99 Å². The summed E-state index contributed by atoms with van der Waals surface area (Å²) in [4.78, 5) is 8.79. The minimum atomic E-state index is -0.792. The summed E-state index contributed by atoms with van der Waals surface area (Å²) in [5.41, 5.74) is 0.634. The quantitative estimate of drug-likeness (QED) is 0.320. The van der Waals surface area contributed by atoms with Crippen LogP contribution in [0.25, 0.3) is 0 Å². The van der Waals surface area contributed by atoms with E-state index in [-0.39, 0.29) is 12.5 Å². The number of aryl methyl sites for hydroxylation is 1. The first kappa shape index (κ1) is 22.5. The Labute approximate surface area is 175 Å². The first-order valence-corrected chi connectivity index (χ1v) is 10.1. The number of nitrogens with one attached hydrogen (secondary N) is 2. The number of guanidine groups is 1. The summed E-state index contributed by atoms with van der Waals surface area (Å²) >= 11 is 12.0. The molecule has 0 fully saturated rings. The zero-order valence-corrected chi connectivity index (χ0v) is 17.9. The van der Waals surface area contributed by atoms with E-state index in [9.17, 15) is 5.11 Å². The molecular formula is C19H27Cl2N5O2. The van der Waals surface area contributed by atoms with Crippen LogP contribution in [0.4, 0.5) is 0 Å². The summed E-state index contributed by atoms with van der Waals surface area (Å²) in [5, 5.41) is 21.7. The van der Waals surface area contributed by atoms with Gasteiger partial charge in [0.15, 0.2) is 11.8 Å². The number of aromatic nitrogens is 2. The molecule has 7 nitrogen and oxygen atoms in total. The molecule has 0 saturated carbocycles. The standard InChI is InChI=1S/C19H27Cl2N5O2/c1-4-22-19(23-7-5-6-17-25-18(12(2)3)26-28-17)24-11-16(27)13-8-14(20)10-15(21)9-13/h8-10,12,16,27H,4-7,11H2,1-3H3,(H2,22,23,24). The molecule has 2 aromatic rings. The van der Waals surface area contributed by atoms with Gasteiger partial charge in [-0.05, 0) is 37.1 Å². The lowest BCUT2D eigenvalue weighted by molar-refractivity contribution is 0.187. The molecule has 0 aliphatic carbocycles. The molecule has 0 amide bonds. The number of aliphatic hydroxyl groups is 1. The summed E-state index contributed by atoms with van der Waals surface area (Å²) < 4.78 is 5.24. The molecule has 0 aliphatic rings. The van der Waals surface area contributed by atoms with Crippen molar-refractivity contribution in [2.75, 3.05) is 19.6 Å². The molecule has 1 unspecified atom stereocenters. The fraction of sp³-hybridized carbons (Fsp3) is 0.526. The number of benzene rings is 1. The second kappa shape index (κ2) is 11.2. The molecule has 0 radical (unpaired) electrons. The Balaban J connectivity index is 1.83. The van der Waals surface area contributed by atoms with E-state index >= 15 is 0 Å². The van der Waals surface area contributed by atoms with Crippen LogP contribution in [0.3, 0.4) is 0 Å². The SMILES string of the molecule is CCNC(=NCC(O)c1cc(Cl)cc(Cl)c1)NCCCc1nc(C(C)C)no1. The maximum absolute atomic E-state index is 10.3. The van der Waals surface area contributed by atoms with Gasteiger partial charge in [0.25, 0.3) is 0 Å². The van der Waals surface area contributed by atoms with Crippen molar-refractivity contribution >= 4 is 29.2 Å². The maximum Gasteiger partial charge on any atom is 0.226 e. The van der Waals surface area contributed by atoms with Gasteiger partial charge in [-0.3, -0.25) is 4.99 Å². The third-order valence-corrected chi connectivity index (χ3v) is 4.33. The Hall–Kier alpha value is -1.83. The highest BCUT2D eigenvalue weighted by Gasteiger charge is 2.11. The van der Waals surface area contributed by atoms with Crippen molar-refractivity contribution in [3.05, 3.63) is 45.5 Å². The molecule has 0 saturated heterocycles. The van der Waals surface area contributed by atoms with Crippen LogP contribution in [-0.4, -0.2) is 40.8 Å². The van der Waals surface area contributed by atoms with E-state index in [0.717, 1.165) is 12.2 Å². The van der Waals surface area contributed by atoms with Gasteiger partial charge in [0.2, 0.25) is 5.89 Å². The largest absolute Gasteiger partial charge is 0.386 e. The molecule has 1 heterocycles. The van der Waals surface area contributed by atoms with Gasteiger partial charge < -0.3 is 20.3 Å². The first-order valence-electron chi connectivity index (χ1n) is 9.37. The van der Waals surface area contributed by atoms with Gasteiger partial charge in [-0.25, -0.2) is 0 Å². The molecule has 0 aliphatic heterocycles. The molecule has 9 heteroatoms. The fourth-order valence-electron chi connectivity index (χ4n) is 2.44. The second-order valence-corrected chi connectivity index (χ2v) is 7.54. The highest BCUT2D eigenvalue weighted by molar-refractivity contribution is 6.34. The van der Waals surface area contributed by atoms with Crippen LogP contribution in [0.2, 0.25) is 10.0 Å². The maximum atomic E-state index is 10.3. The van der Waals surface area contributed by atoms with Gasteiger partial charge >= 0.3 is 0 Å². The van der Waals surface area contributed by atoms with Crippen LogP contribution >= 0.6 is 23.2 Å². The van der Waals surface area contributed by atoms with Crippen molar-refractivity contribution in [1.82, 2.24) is 20.8 Å². The van der Waals surface area contributed by atoms with E-state index in [1.165, 1.54) is 0 Å². The number of aliphatic hydroxyl groups excluding tert-OH is 1. The molecule has 1 atom stereocenters. The average Bonchev–Trinajstić information content (AvgIpc) is 3.11. The number of hydrogen-bond donors (Lipinski definition) is 3. The van der Waals surface area contributed by atoms with Crippen LogP contribution in [0, 0.1) is 0 Å². The molecule has 154 valence electrons. The lowest BCUT2D eigenvalue weighted by Crippen LogP contribution is -2.38. The van der Waals surface area contributed by atoms with E-state index in [1.54, 1.807) is 18.2 Å². The van der Waals surface area contributed by atoms with Gasteiger partial charge in [0.1, 0.15) is 0 Å². The zero-order valence-electron chi connectivity index (χ0n) is 16.4. The Bertz CT molecular complexity index is 759. The van der Waals surface area contributed by atoms with E-state index < -0.39 is 6.10 Å². The number of hydrogen-bond acceptors (Lipinski definition) is 5. The van der Waals surface area contributed by atoms with E-state index in [1.807, 2.05) is 20.8 Å². The molecule has 0 spiro atoms. The molecule has 2 rings (SSSR count). The van der Waals surface area contributed by atoms with Gasteiger partial charge in [0.05, 0.1) is 12.6 Å². The Morgan fingerprint density at radius 3 is 2.54 bits per heavy atom. The topological polar surface area (TPSA) is 95.6 Å². The predicted molar refractivity (Wildman–Crippen MR) is 112 cm³/mol. The van der Waals surface area contributed by atoms with Gasteiger partial charge in [0, 0.05) is 35.5 Å². The molecular weight excluding hydrogens is 401 g/mol. The Kier molecular flexibility index (Phi) is 9.02. The molecule has 0 bridgehead atoms. The van der Waals surface area contributed by atoms with Crippen LogP contribution in [0.1, 0.15) is 56.5 Å². The van der Waals surface area contributed by atoms with E-state index in [4.69, 9.17) is 27.7 Å². The van der Waals surface area contributed by atoms with Crippen molar-refractivity contribution in [3.63, 3.8) is 0 Å². The number of rotatable bonds is 9. The van der Waals surface area contributed by atoms with Crippen LogP contribution in [0.15, 0.2) is 27.7 Å². The summed E-state index contributed by atoms with van der Waals surface area (Å²) in [6.07, 6.45) is 0.714. The normalized spacial score (nSPS) is 13.0. The minimum Gasteiger partial charge on any atom is -0.386 e. The first-order chi connectivity index (χ1) is 13.4. The van der Waals surface area contributed by atoms with Crippen LogP contribution in [-0.2, 0) is 6.42 Å². The Morgan fingerprint density at radius 1 is 1.21 bits per heavy atom. The molecule has 3 N–H and O–H groups in total. The smallest absolute Gasteiger partial charge is 0.226 e. The summed E-state index contributed by atoms with van der Waals surface area (Å²) in [5.74, 6) is 2.25. The third kappa shape index (κ3) is 7.30. The molecule has 28 heavy (non-hydrogen) atoms. The zero-order chi connectivity index (χ0) is 20.5. The number of nitrogens with zero attached hydrogens (tertiary/aromatic N) is 3. The van der Waals surface area contributed by atoms with Crippen molar-refractivity contribution in [1.29, 1.82) is 0 Å². The number of aliphatic imine (C=N–C) groups is 1. The van der Waals surface area contributed by atoms with Crippen molar-refractivity contribution < 1.29 is 9.63 Å². The summed E-state index contributed by atoms with van der Waals surface area (Å²) in [7, 11) is 0. The molecule has 1 aromatic carbocycles. The number of halogens is 2. The third-order valence-electron chi connectivity index (χ3n) is 3.90. The van der Waals surface area contributed by atoms with Crippen molar-refractivity contribution in [3.8, 4) is 0 Å². The summed E-state index contributed by atoms with van der Waals surface area (Å²) in [6, 6.07) is 5.00. The average molecular weight is 428 g/mol. The van der Waals surface area contributed by atoms with Crippen molar-refractivity contribution in [2.45, 2.75) is 45.6 Å². The highest BCUT2D eigenvalue weighted by Crippen LogP contribution is 2.23. The lowest BCUT2D eigenvalue weighted by Gasteiger charge is -2.13. The Morgan fingerprint density at radius 2 is 1.93 bits per heavy atom. The molecule has 1 aromatic heterocycles. The highest BCUT2D eigenvalue weighted by atomic mass is 35.5. The lowest BCUT2D eigenvalue weighted by atomic mass is 10.1. The van der Waals surface area contributed by atoms with E-state index in [0.29, 0.717) is 47.0 Å². The van der Waals surface area contributed by atoms with Gasteiger partial charge in [-0.2, -0.15) is 4.98 Å². The van der Waals surface area contributed by atoms with Crippen LogP contribution < -0.4 is 10.6 Å². The minimum absolute atomic E-state index is 0.188. The van der Waals surface area contributed by atoms with E-state index in [2.05, 4.69) is 25.8 Å².